The van der Waals surface area contributed by atoms with Gasteiger partial charge in [0.05, 0.1) is 28.8 Å². The molecule has 1 amide bonds. The summed E-state index contributed by atoms with van der Waals surface area (Å²) in [6.45, 7) is 0. The van der Waals surface area contributed by atoms with E-state index in [1.54, 1.807) is 0 Å². The number of rotatable bonds is 6. The molecule has 0 fully saturated rings. The van der Waals surface area contributed by atoms with Gasteiger partial charge < -0.3 is 14.8 Å². The van der Waals surface area contributed by atoms with Crippen molar-refractivity contribution in [3.8, 4) is 17.2 Å². The average molecular weight is 500 g/mol. The first-order valence-corrected chi connectivity index (χ1v) is 9.49. The topological polar surface area (TPSA) is 90.7 Å². The fraction of sp³-hybridized carbons (Fsp3) is 0.136. The van der Waals surface area contributed by atoms with E-state index in [9.17, 15) is 41.3 Å². The van der Waals surface area contributed by atoms with Crippen molar-refractivity contribution in [1.82, 2.24) is 0 Å². The minimum Gasteiger partial charge on any atom is -0.495 e. The number of methoxy groups -OCH3 is 1. The summed E-state index contributed by atoms with van der Waals surface area (Å²) in [5.74, 6) is -1.31. The highest BCUT2D eigenvalue weighted by molar-refractivity contribution is 6.05. The van der Waals surface area contributed by atoms with E-state index in [4.69, 9.17) is 9.47 Å². The number of carbonyl (C=O) groups excluding carboxylic acids is 1. The molecule has 1 N–H and O–H groups in total. The molecule has 184 valence electrons. The first kappa shape index (κ1) is 25.3. The van der Waals surface area contributed by atoms with Gasteiger partial charge >= 0.3 is 18.0 Å². The number of halogens is 6. The van der Waals surface area contributed by atoms with Gasteiger partial charge in [-0.15, -0.1) is 0 Å². The molecule has 0 radical (unpaired) electrons. The zero-order valence-electron chi connectivity index (χ0n) is 17.5. The van der Waals surface area contributed by atoms with Crippen molar-refractivity contribution in [2.75, 3.05) is 12.4 Å². The Bertz CT molecular complexity index is 1260. The summed E-state index contributed by atoms with van der Waals surface area (Å²) in [4.78, 5) is 22.6. The van der Waals surface area contributed by atoms with Crippen LogP contribution in [-0.4, -0.2) is 17.9 Å². The van der Waals surface area contributed by atoms with Crippen molar-refractivity contribution >= 4 is 17.3 Å². The second-order valence-corrected chi connectivity index (χ2v) is 6.93. The summed E-state index contributed by atoms with van der Waals surface area (Å²) in [6, 6.07) is 9.12. The van der Waals surface area contributed by atoms with Crippen molar-refractivity contribution in [2.45, 2.75) is 12.4 Å². The monoisotopic (exact) mass is 500 g/mol. The van der Waals surface area contributed by atoms with E-state index in [0.717, 1.165) is 18.2 Å². The fourth-order valence-electron chi connectivity index (χ4n) is 2.90. The Kier molecular flexibility index (Phi) is 6.89. The lowest BCUT2D eigenvalue weighted by Crippen LogP contribution is -2.14. The molecule has 3 aromatic rings. The lowest BCUT2D eigenvalue weighted by atomic mass is 10.1. The van der Waals surface area contributed by atoms with Crippen LogP contribution in [-0.2, 0) is 12.4 Å². The first-order chi connectivity index (χ1) is 16.3. The molecule has 3 aromatic carbocycles. The van der Waals surface area contributed by atoms with E-state index < -0.39 is 45.7 Å². The van der Waals surface area contributed by atoms with Gasteiger partial charge in [-0.25, -0.2) is 0 Å². The maximum absolute atomic E-state index is 13.0. The quantitative estimate of drug-likeness (QED) is 0.232. The Morgan fingerprint density at radius 3 is 1.91 bits per heavy atom. The molecule has 0 atom stereocenters. The third kappa shape index (κ3) is 5.99. The largest absolute Gasteiger partial charge is 0.495 e. The lowest BCUT2D eigenvalue weighted by molar-refractivity contribution is -0.385. The van der Waals surface area contributed by atoms with Gasteiger partial charge in [-0.2, -0.15) is 26.3 Å². The number of hydrogen-bond acceptors (Lipinski definition) is 5. The molecule has 35 heavy (non-hydrogen) atoms. The number of hydrogen-bond donors (Lipinski definition) is 1. The van der Waals surface area contributed by atoms with Crippen LogP contribution in [0.2, 0.25) is 0 Å². The maximum atomic E-state index is 13.0. The molecular formula is C22H14F6N2O5. The maximum Gasteiger partial charge on any atom is 0.416 e. The number of nitro groups is 1. The molecule has 0 unspecified atom stereocenters. The van der Waals surface area contributed by atoms with Gasteiger partial charge in [0.2, 0.25) is 5.75 Å². The average Bonchev–Trinajstić information content (AvgIpc) is 2.78. The van der Waals surface area contributed by atoms with Crippen LogP contribution in [0.3, 0.4) is 0 Å². The summed E-state index contributed by atoms with van der Waals surface area (Å²) in [5.41, 5.74) is -3.39. The number of nitrogens with one attached hydrogen (secondary N) is 1. The van der Waals surface area contributed by atoms with Gasteiger partial charge in [0.15, 0.2) is 0 Å². The van der Waals surface area contributed by atoms with Gasteiger partial charge in [0.1, 0.15) is 11.5 Å². The van der Waals surface area contributed by atoms with Crippen LogP contribution in [0, 0.1) is 10.1 Å². The third-order valence-electron chi connectivity index (χ3n) is 4.60. The standard InChI is InChI=1S/C22H14F6N2O5/c1-34-18-8-4-13(21(23,24)25)10-16(18)29-20(31)12-2-6-15(7-3-12)35-19-9-5-14(22(26,27)28)11-17(19)30(32)33/h2-11H,1H3,(H,29,31). The van der Waals surface area contributed by atoms with Crippen LogP contribution >= 0.6 is 0 Å². The van der Waals surface area contributed by atoms with Crippen LogP contribution in [0.5, 0.6) is 17.2 Å². The highest BCUT2D eigenvalue weighted by Crippen LogP contribution is 2.38. The van der Waals surface area contributed by atoms with Crippen molar-refractivity contribution in [2.24, 2.45) is 0 Å². The highest BCUT2D eigenvalue weighted by atomic mass is 19.4. The third-order valence-corrected chi connectivity index (χ3v) is 4.60. The van der Waals surface area contributed by atoms with E-state index >= 15 is 0 Å². The number of ether oxygens (including phenoxy) is 2. The SMILES string of the molecule is COc1ccc(C(F)(F)F)cc1NC(=O)c1ccc(Oc2ccc(C(F)(F)F)cc2[N+](=O)[O-])cc1. The molecule has 7 nitrogen and oxygen atoms in total. The number of alkyl halides is 6. The summed E-state index contributed by atoms with van der Waals surface area (Å²) in [6.07, 6.45) is -9.44. The second kappa shape index (κ2) is 9.52. The minimum atomic E-state index is -4.79. The lowest BCUT2D eigenvalue weighted by Gasteiger charge is -2.14. The van der Waals surface area contributed by atoms with E-state index in [2.05, 4.69) is 5.32 Å². The Morgan fingerprint density at radius 2 is 1.40 bits per heavy atom. The smallest absolute Gasteiger partial charge is 0.416 e. The summed E-state index contributed by atoms with van der Waals surface area (Å²) in [7, 11) is 1.21. The number of nitrogens with zero attached hydrogens (tertiary/aromatic N) is 1. The van der Waals surface area contributed by atoms with Crippen molar-refractivity contribution < 1.29 is 45.5 Å². The Hall–Kier alpha value is -4.29. The van der Waals surface area contributed by atoms with E-state index in [1.807, 2.05) is 0 Å². The number of amides is 1. The summed E-state index contributed by atoms with van der Waals surface area (Å²) < 4.78 is 87.7. The predicted molar refractivity (Wildman–Crippen MR) is 111 cm³/mol. The Labute approximate surface area is 193 Å². The molecule has 0 spiro atoms. The van der Waals surface area contributed by atoms with Crippen LogP contribution in [0.25, 0.3) is 0 Å². The number of anilines is 1. The molecule has 0 aliphatic rings. The van der Waals surface area contributed by atoms with Crippen molar-refractivity contribution in [3.05, 3.63) is 87.5 Å². The molecule has 0 saturated carbocycles. The zero-order valence-corrected chi connectivity index (χ0v) is 17.5. The number of nitro benzene ring substituents is 1. The Morgan fingerprint density at radius 1 is 0.857 bits per heavy atom. The van der Waals surface area contributed by atoms with Gasteiger partial charge in [0.25, 0.3) is 5.91 Å². The minimum absolute atomic E-state index is 0.0130. The normalized spacial score (nSPS) is 11.6. The van der Waals surface area contributed by atoms with Crippen LogP contribution in [0.1, 0.15) is 21.5 Å². The zero-order chi connectivity index (χ0) is 26.0. The first-order valence-electron chi connectivity index (χ1n) is 9.49. The second-order valence-electron chi connectivity index (χ2n) is 6.93. The highest BCUT2D eigenvalue weighted by Gasteiger charge is 2.34. The number of benzene rings is 3. The van der Waals surface area contributed by atoms with Crippen molar-refractivity contribution in [3.63, 3.8) is 0 Å². The predicted octanol–water partition coefficient (Wildman–Crippen LogP) is 6.69. The van der Waals surface area contributed by atoms with E-state index in [0.29, 0.717) is 18.2 Å². The molecule has 0 aromatic heterocycles. The number of carbonyl (C=O) groups is 1. The van der Waals surface area contributed by atoms with Gasteiger partial charge in [-0.1, -0.05) is 0 Å². The molecule has 0 aliphatic heterocycles. The fourth-order valence-corrected chi connectivity index (χ4v) is 2.90. The molecule has 13 heteroatoms. The molecule has 0 heterocycles. The molecule has 3 rings (SSSR count). The molecular weight excluding hydrogens is 486 g/mol. The molecule has 0 bridgehead atoms. The van der Waals surface area contributed by atoms with Gasteiger partial charge in [-0.05, 0) is 54.6 Å². The van der Waals surface area contributed by atoms with Gasteiger partial charge in [0, 0.05) is 11.6 Å². The molecule has 0 aliphatic carbocycles. The van der Waals surface area contributed by atoms with Crippen LogP contribution in [0.4, 0.5) is 37.7 Å². The van der Waals surface area contributed by atoms with E-state index in [1.165, 1.54) is 31.4 Å². The summed E-state index contributed by atoms with van der Waals surface area (Å²) >= 11 is 0. The van der Waals surface area contributed by atoms with Crippen molar-refractivity contribution in [1.29, 1.82) is 0 Å². The Balaban J connectivity index is 1.80. The van der Waals surface area contributed by atoms with Crippen LogP contribution < -0.4 is 14.8 Å². The molecule has 0 saturated heterocycles. The van der Waals surface area contributed by atoms with Crippen LogP contribution in [0.15, 0.2) is 60.7 Å². The summed E-state index contributed by atoms with van der Waals surface area (Å²) in [5, 5.41) is 13.5. The van der Waals surface area contributed by atoms with E-state index in [-0.39, 0.29) is 22.7 Å². The van der Waals surface area contributed by atoms with Gasteiger partial charge in [-0.3, -0.25) is 14.9 Å².